The summed E-state index contributed by atoms with van der Waals surface area (Å²) in [6, 6.07) is 10.6. The van der Waals surface area contributed by atoms with Gasteiger partial charge in [0.05, 0.1) is 7.11 Å². The molecule has 1 N–H and O–H groups in total. The normalized spacial score (nSPS) is 28.8. The van der Waals surface area contributed by atoms with Gasteiger partial charge >= 0.3 is 0 Å². The van der Waals surface area contributed by atoms with Crippen molar-refractivity contribution in [2.24, 2.45) is 23.7 Å². The van der Waals surface area contributed by atoms with Gasteiger partial charge in [0.25, 0.3) is 0 Å². The molecule has 2 aromatic rings. The van der Waals surface area contributed by atoms with Crippen LogP contribution in [0.5, 0.6) is 11.5 Å². The molecule has 162 valence electrons. The van der Waals surface area contributed by atoms with E-state index in [4.69, 9.17) is 21.1 Å². The molecule has 0 unspecified atom stereocenters. The van der Waals surface area contributed by atoms with Crippen molar-refractivity contribution >= 4 is 11.6 Å². The summed E-state index contributed by atoms with van der Waals surface area (Å²) in [5, 5.41) is 4.39. The number of hydrogen-bond acceptors (Lipinski definition) is 4. The summed E-state index contributed by atoms with van der Waals surface area (Å²) in [6.07, 6.45) is 9.02. The van der Waals surface area contributed by atoms with Gasteiger partial charge in [0.1, 0.15) is 11.8 Å². The van der Waals surface area contributed by atoms with Gasteiger partial charge in [0.2, 0.25) is 0 Å². The lowest BCUT2D eigenvalue weighted by Crippen LogP contribution is -3.00. The summed E-state index contributed by atoms with van der Waals surface area (Å²) in [5.74, 6) is 5.34. The number of methoxy groups -OCH3 is 1. The lowest BCUT2D eigenvalue weighted by atomic mass is 9.54. The Morgan fingerprint density at radius 3 is 2.30 bits per heavy atom. The van der Waals surface area contributed by atoms with Crippen molar-refractivity contribution in [1.82, 2.24) is 10.3 Å². The molecular weight excluding hydrogens is 419 g/mol. The number of aromatic nitrogens is 1. The van der Waals surface area contributed by atoms with Crippen LogP contribution in [0, 0.1) is 23.7 Å². The third kappa shape index (κ3) is 4.56. The minimum Gasteiger partial charge on any atom is -1.00 e. The SMILES string of the molecule is COc1cc(CNC2C3CC4CC(C3)CC2C4)ccc1OCc1ccc(Cl)nc1.[Cl-]. The van der Waals surface area contributed by atoms with E-state index in [0.29, 0.717) is 17.8 Å². The van der Waals surface area contributed by atoms with Gasteiger partial charge in [-0.05, 0) is 79.5 Å². The smallest absolute Gasteiger partial charge is 0.161 e. The molecule has 1 aromatic carbocycles. The van der Waals surface area contributed by atoms with E-state index in [1.165, 1.54) is 37.7 Å². The van der Waals surface area contributed by atoms with Gasteiger partial charge in [0, 0.05) is 24.3 Å². The Balaban J connectivity index is 0.00000218. The van der Waals surface area contributed by atoms with E-state index in [1.807, 2.05) is 12.1 Å². The average Bonchev–Trinajstić information content (AvgIpc) is 2.72. The zero-order chi connectivity index (χ0) is 19.8. The Kier molecular flexibility index (Phi) is 6.76. The fraction of sp³-hybridized carbons (Fsp3) is 0.542. The highest BCUT2D eigenvalue weighted by molar-refractivity contribution is 6.29. The molecule has 4 aliphatic rings. The summed E-state index contributed by atoms with van der Waals surface area (Å²) in [5.41, 5.74) is 2.22. The highest BCUT2D eigenvalue weighted by atomic mass is 35.5. The average molecular weight is 448 g/mol. The predicted molar refractivity (Wildman–Crippen MR) is 114 cm³/mol. The first-order valence-corrected chi connectivity index (χ1v) is 11.2. The quantitative estimate of drug-likeness (QED) is 0.660. The maximum atomic E-state index is 5.95. The summed E-state index contributed by atoms with van der Waals surface area (Å²) < 4.78 is 11.5. The standard InChI is InChI=1S/C24H29ClN2O2.ClH/c1-28-22-11-15(2-4-21(22)29-14-16-3-5-23(25)26-13-16)12-27-24-19-7-17-6-18(9-19)10-20(24)8-17;/h2-5,11,13,17-20,24,27H,6-10,12,14H2,1H3;1H/p-1. The van der Waals surface area contributed by atoms with Crippen LogP contribution in [0.1, 0.15) is 43.2 Å². The highest BCUT2D eigenvalue weighted by Gasteiger charge is 2.47. The second-order valence-electron chi connectivity index (χ2n) is 9.10. The molecule has 30 heavy (non-hydrogen) atoms. The second kappa shape index (κ2) is 9.33. The van der Waals surface area contributed by atoms with Gasteiger partial charge in [-0.15, -0.1) is 0 Å². The summed E-state index contributed by atoms with van der Waals surface area (Å²) in [4.78, 5) is 4.09. The molecule has 0 spiro atoms. The number of pyridine rings is 1. The topological polar surface area (TPSA) is 43.4 Å². The number of ether oxygens (including phenoxy) is 2. The zero-order valence-corrected chi connectivity index (χ0v) is 18.8. The molecule has 4 bridgehead atoms. The fourth-order valence-electron chi connectivity index (χ4n) is 6.09. The Hall–Kier alpha value is -1.49. The van der Waals surface area contributed by atoms with E-state index < -0.39 is 0 Å². The van der Waals surface area contributed by atoms with Crippen molar-refractivity contribution < 1.29 is 21.9 Å². The van der Waals surface area contributed by atoms with Crippen LogP contribution in [-0.2, 0) is 13.2 Å². The minimum atomic E-state index is 0. The number of rotatable bonds is 7. The monoisotopic (exact) mass is 447 g/mol. The van der Waals surface area contributed by atoms with Crippen LogP contribution in [0.3, 0.4) is 0 Å². The highest BCUT2D eigenvalue weighted by Crippen LogP contribution is 2.53. The molecule has 0 saturated heterocycles. The Morgan fingerprint density at radius 2 is 1.67 bits per heavy atom. The van der Waals surface area contributed by atoms with Gasteiger partial charge in [-0.2, -0.15) is 0 Å². The fourth-order valence-corrected chi connectivity index (χ4v) is 6.20. The van der Waals surface area contributed by atoms with Crippen LogP contribution >= 0.6 is 11.6 Å². The molecule has 0 atom stereocenters. The molecule has 4 saturated carbocycles. The van der Waals surface area contributed by atoms with Gasteiger partial charge in [-0.25, -0.2) is 4.98 Å². The predicted octanol–water partition coefficient (Wildman–Crippen LogP) is 2.24. The largest absolute Gasteiger partial charge is 1.00 e. The van der Waals surface area contributed by atoms with Crippen molar-refractivity contribution in [3.63, 3.8) is 0 Å². The first-order chi connectivity index (χ1) is 14.2. The molecule has 4 aliphatic carbocycles. The Morgan fingerprint density at radius 1 is 0.967 bits per heavy atom. The van der Waals surface area contributed by atoms with Gasteiger partial charge in [0.15, 0.2) is 11.5 Å². The Bertz CT molecular complexity index is 831. The molecule has 0 aliphatic heterocycles. The summed E-state index contributed by atoms with van der Waals surface area (Å²) in [6.45, 7) is 1.33. The van der Waals surface area contributed by atoms with E-state index in [-0.39, 0.29) is 12.4 Å². The van der Waals surface area contributed by atoms with Crippen LogP contribution in [0.15, 0.2) is 36.5 Å². The van der Waals surface area contributed by atoms with Crippen molar-refractivity contribution in [3.8, 4) is 11.5 Å². The molecule has 1 heterocycles. The van der Waals surface area contributed by atoms with Crippen molar-refractivity contribution in [3.05, 3.63) is 52.8 Å². The van der Waals surface area contributed by atoms with Crippen LogP contribution < -0.4 is 27.2 Å². The first kappa shape index (κ1) is 21.7. The second-order valence-corrected chi connectivity index (χ2v) is 9.49. The van der Waals surface area contributed by atoms with Gasteiger partial charge in [-0.3, -0.25) is 0 Å². The Labute approximate surface area is 190 Å². The number of nitrogens with zero attached hydrogens (tertiary/aromatic N) is 1. The van der Waals surface area contributed by atoms with Crippen molar-refractivity contribution in [1.29, 1.82) is 0 Å². The molecule has 4 nitrogen and oxygen atoms in total. The van der Waals surface area contributed by atoms with Gasteiger partial charge in [-0.1, -0.05) is 23.7 Å². The molecule has 1 aromatic heterocycles. The van der Waals surface area contributed by atoms with Crippen LogP contribution in [0.25, 0.3) is 0 Å². The van der Waals surface area contributed by atoms with Crippen LogP contribution in [0.2, 0.25) is 5.15 Å². The number of hydrogen-bond donors (Lipinski definition) is 1. The molecule has 0 amide bonds. The number of halogens is 2. The van der Waals surface area contributed by atoms with Crippen LogP contribution in [0.4, 0.5) is 0 Å². The lowest BCUT2D eigenvalue weighted by molar-refractivity contribution is -0.0142. The molecule has 6 heteroatoms. The van der Waals surface area contributed by atoms with E-state index >= 15 is 0 Å². The third-order valence-electron chi connectivity index (χ3n) is 7.18. The van der Waals surface area contributed by atoms with E-state index in [0.717, 1.165) is 47.3 Å². The molecule has 4 fully saturated rings. The lowest BCUT2D eigenvalue weighted by Gasteiger charge is -2.54. The van der Waals surface area contributed by atoms with E-state index in [1.54, 1.807) is 19.4 Å². The zero-order valence-electron chi connectivity index (χ0n) is 17.3. The molecular formula is C24H29Cl2N2O2-. The molecule has 6 rings (SSSR count). The summed E-state index contributed by atoms with van der Waals surface area (Å²) >= 11 is 5.84. The minimum absolute atomic E-state index is 0. The third-order valence-corrected chi connectivity index (χ3v) is 7.40. The van der Waals surface area contributed by atoms with E-state index in [9.17, 15) is 0 Å². The number of benzene rings is 1. The molecule has 0 radical (unpaired) electrons. The van der Waals surface area contributed by atoms with Gasteiger partial charge < -0.3 is 27.2 Å². The maximum absolute atomic E-state index is 5.95. The number of nitrogens with one attached hydrogen (secondary N) is 1. The first-order valence-electron chi connectivity index (χ1n) is 10.8. The maximum Gasteiger partial charge on any atom is 0.161 e. The van der Waals surface area contributed by atoms with Crippen molar-refractivity contribution in [2.45, 2.75) is 51.3 Å². The van der Waals surface area contributed by atoms with Crippen LogP contribution in [-0.4, -0.2) is 18.1 Å². The van der Waals surface area contributed by atoms with E-state index in [2.05, 4.69) is 22.4 Å². The van der Waals surface area contributed by atoms with Crippen molar-refractivity contribution in [2.75, 3.05) is 7.11 Å². The summed E-state index contributed by atoms with van der Waals surface area (Å²) in [7, 11) is 1.70.